The second-order valence-electron chi connectivity index (χ2n) is 3.24. The van der Waals surface area contributed by atoms with Crippen molar-refractivity contribution in [3.05, 3.63) is 29.6 Å². The molecule has 0 saturated heterocycles. The molecular weight excluding hydrogens is 349 g/mol. The average molecular weight is 359 g/mol. The Labute approximate surface area is 117 Å². The first-order valence-electron chi connectivity index (χ1n) is 4.94. The fourth-order valence-corrected chi connectivity index (χ4v) is 1.55. The number of carbonyl (C=O) groups excluding carboxylic acids is 2. The van der Waals surface area contributed by atoms with Gasteiger partial charge in [0, 0.05) is 12.7 Å². The summed E-state index contributed by atoms with van der Waals surface area (Å²) in [5.74, 6) is -0.797. The summed E-state index contributed by atoms with van der Waals surface area (Å²) in [6.45, 7) is 0.160. The van der Waals surface area contributed by atoms with E-state index in [2.05, 4.69) is 15.0 Å². The molecule has 1 atom stereocenters. The number of methoxy groups -OCH3 is 1. The van der Waals surface area contributed by atoms with Crippen LogP contribution in [0, 0.1) is 11.3 Å². The number of nitrogens with zero attached hydrogens (tertiary/aromatic N) is 2. The number of esters is 1. The molecule has 0 aliphatic heterocycles. The van der Waals surface area contributed by atoms with Crippen LogP contribution in [0.25, 0.3) is 0 Å². The third-order valence-corrected chi connectivity index (χ3v) is 2.97. The molecular formula is C11H10IN3O3. The van der Waals surface area contributed by atoms with Crippen LogP contribution in [0.1, 0.15) is 16.1 Å². The number of rotatable bonds is 4. The van der Waals surface area contributed by atoms with Gasteiger partial charge in [-0.2, -0.15) is 5.26 Å². The second-order valence-corrected chi connectivity index (χ2v) is 4.75. The van der Waals surface area contributed by atoms with Gasteiger partial charge in [0.1, 0.15) is 15.7 Å². The highest BCUT2D eigenvalue weighted by Crippen LogP contribution is 2.02. The maximum Gasteiger partial charge on any atom is 0.320 e. The van der Waals surface area contributed by atoms with E-state index in [9.17, 15) is 9.59 Å². The van der Waals surface area contributed by atoms with E-state index in [1.165, 1.54) is 25.4 Å². The van der Waals surface area contributed by atoms with Crippen molar-refractivity contribution in [3.63, 3.8) is 0 Å². The summed E-state index contributed by atoms with van der Waals surface area (Å²) >= 11 is 1.88. The number of ether oxygens (including phenoxy) is 1. The number of nitriles is 1. The van der Waals surface area contributed by atoms with Crippen molar-refractivity contribution in [3.8, 4) is 6.07 Å². The van der Waals surface area contributed by atoms with Crippen LogP contribution in [0.15, 0.2) is 18.3 Å². The summed E-state index contributed by atoms with van der Waals surface area (Å²) in [6.07, 6.45) is 1.32. The van der Waals surface area contributed by atoms with Crippen LogP contribution in [0.3, 0.4) is 0 Å². The van der Waals surface area contributed by atoms with Gasteiger partial charge < -0.3 is 10.1 Å². The van der Waals surface area contributed by atoms with Crippen LogP contribution in [0.5, 0.6) is 0 Å². The molecule has 1 N–H and O–H groups in total. The third-order valence-electron chi connectivity index (χ3n) is 2.02. The number of carbonyl (C=O) groups is 2. The molecule has 0 spiro atoms. The number of amides is 1. The van der Waals surface area contributed by atoms with E-state index < -0.39 is 15.8 Å². The Bertz CT molecular complexity index is 481. The molecule has 1 rings (SSSR count). The van der Waals surface area contributed by atoms with Gasteiger partial charge in [-0.3, -0.25) is 9.59 Å². The van der Waals surface area contributed by atoms with Gasteiger partial charge in [0.25, 0.3) is 5.91 Å². The lowest BCUT2D eigenvalue weighted by Gasteiger charge is -2.08. The van der Waals surface area contributed by atoms with E-state index in [4.69, 9.17) is 5.26 Å². The highest BCUT2D eigenvalue weighted by molar-refractivity contribution is 14.1. The Kier molecular flexibility index (Phi) is 5.51. The predicted molar refractivity (Wildman–Crippen MR) is 71.1 cm³/mol. The lowest BCUT2D eigenvalue weighted by molar-refractivity contribution is -0.139. The molecule has 0 aromatic carbocycles. The molecule has 1 heterocycles. The Morgan fingerprint density at radius 1 is 1.61 bits per heavy atom. The van der Waals surface area contributed by atoms with Gasteiger partial charge in [0.05, 0.1) is 12.7 Å². The van der Waals surface area contributed by atoms with Crippen molar-refractivity contribution in [1.29, 1.82) is 5.26 Å². The smallest absolute Gasteiger partial charge is 0.320 e. The lowest BCUT2D eigenvalue weighted by Crippen LogP contribution is -2.34. The van der Waals surface area contributed by atoms with Gasteiger partial charge in [-0.05, 0) is 12.1 Å². The van der Waals surface area contributed by atoms with E-state index in [1.807, 2.05) is 28.7 Å². The summed E-state index contributed by atoms with van der Waals surface area (Å²) < 4.78 is 4.08. The number of alkyl halides is 1. The standard InChI is InChI=1S/C11H10IN3O3/c1-18-11(17)8(12)6-15-10(16)9-3-2-7(4-13)5-14-9/h2-3,5,8H,6H2,1H3,(H,15,16). The van der Waals surface area contributed by atoms with Crippen molar-refractivity contribution in [2.24, 2.45) is 0 Å². The van der Waals surface area contributed by atoms with Crippen molar-refractivity contribution in [1.82, 2.24) is 10.3 Å². The van der Waals surface area contributed by atoms with Gasteiger partial charge >= 0.3 is 5.97 Å². The number of nitrogens with one attached hydrogen (secondary N) is 1. The zero-order chi connectivity index (χ0) is 13.5. The van der Waals surface area contributed by atoms with Gasteiger partial charge in [0.2, 0.25) is 0 Å². The fourth-order valence-electron chi connectivity index (χ4n) is 1.08. The first kappa shape index (κ1) is 14.4. The Morgan fingerprint density at radius 2 is 2.33 bits per heavy atom. The first-order valence-corrected chi connectivity index (χ1v) is 6.19. The quantitative estimate of drug-likeness (QED) is 0.485. The summed E-state index contributed by atoms with van der Waals surface area (Å²) in [5, 5.41) is 11.1. The number of pyridine rings is 1. The molecule has 0 saturated carbocycles. The number of halogens is 1. The minimum Gasteiger partial charge on any atom is -0.468 e. The molecule has 0 radical (unpaired) electrons. The number of hydrogen-bond acceptors (Lipinski definition) is 5. The maximum atomic E-state index is 11.6. The number of aromatic nitrogens is 1. The minimum absolute atomic E-state index is 0.160. The molecule has 0 aliphatic rings. The molecule has 7 heteroatoms. The van der Waals surface area contributed by atoms with Crippen molar-refractivity contribution < 1.29 is 14.3 Å². The zero-order valence-corrected chi connectivity index (χ0v) is 11.7. The number of hydrogen-bond donors (Lipinski definition) is 1. The summed E-state index contributed by atoms with van der Waals surface area (Å²) in [4.78, 5) is 26.6. The fraction of sp³-hybridized carbons (Fsp3) is 0.273. The molecule has 94 valence electrons. The molecule has 6 nitrogen and oxygen atoms in total. The second kappa shape index (κ2) is 6.90. The van der Waals surface area contributed by atoms with Gasteiger partial charge in [-0.25, -0.2) is 4.98 Å². The zero-order valence-electron chi connectivity index (χ0n) is 9.51. The van der Waals surface area contributed by atoms with Gasteiger partial charge in [0.15, 0.2) is 0 Å². The van der Waals surface area contributed by atoms with E-state index in [0.717, 1.165) is 0 Å². The molecule has 1 aromatic rings. The van der Waals surface area contributed by atoms with Crippen molar-refractivity contribution in [2.45, 2.75) is 3.92 Å². The highest BCUT2D eigenvalue weighted by Gasteiger charge is 2.16. The third kappa shape index (κ3) is 3.96. The highest BCUT2D eigenvalue weighted by atomic mass is 127. The normalized spacial score (nSPS) is 11.2. The molecule has 1 amide bonds. The molecule has 0 aliphatic carbocycles. The summed E-state index contributed by atoms with van der Waals surface area (Å²) in [7, 11) is 1.29. The van der Waals surface area contributed by atoms with Crippen LogP contribution in [-0.4, -0.2) is 34.4 Å². The Balaban J connectivity index is 2.55. The Hall–Kier alpha value is -1.69. The topological polar surface area (TPSA) is 92.1 Å². The van der Waals surface area contributed by atoms with E-state index in [-0.39, 0.29) is 12.2 Å². The largest absolute Gasteiger partial charge is 0.468 e. The van der Waals surface area contributed by atoms with Crippen LogP contribution < -0.4 is 5.32 Å². The average Bonchev–Trinajstić information content (AvgIpc) is 2.43. The summed E-state index contributed by atoms with van der Waals surface area (Å²) in [6, 6.07) is 4.87. The Morgan fingerprint density at radius 3 is 2.83 bits per heavy atom. The van der Waals surface area contributed by atoms with Gasteiger partial charge in [-0.15, -0.1) is 0 Å². The van der Waals surface area contributed by atoms with Gasteiger partial charge in [-0.1, -0.05) is 22.6 Å². The minimum atomic E-state index is -0.449. The first-order chi connectivity index (χ1) is 8.58. The monoisotopic (exact) mass is 359 g/mol. The molecule has 0 fully saturated rings. The molecule has 18 heavy (non-hydrogen) atoms. The van der Waals surface area contributed by atoms with E-state index in [0.29, 0.717) is 5.56 Å². The molecule has 1 unspecified atom stereocenters. The van der Waals surface area contributed by atoms with Crippen LogP contribution in [0.4, 0.5) is 0 Å². The van der Waals surface area contributed by atoms with E-state index in [1.54, 1.807) is 0 Å². The maximum absolute atomic E-state index is 11.6. The van der Waals surface area contributed by atoms with Crippen LogP contribution >= 0.6 is 22.6 Å². The van der Waals surface area contributed by atoms with E-state index >= 15 is 0 Å². The van der Waals surface area contributed by atoms with Crippen molar-refractivity contribution >= 4 is 34.5 Å². The van der Waals surface area contributed by atoms with Crippen molar-refractivity contribution in [2.75, 3.05) is 13.7 Å². The molecule has 0 bridgehead atoms. The molecule has 1 aromatic heterocycles. The SMILES string of the molecule is COC(=O)C(I)CNC(=O)c1ccc(C#N)cn1. The lowest BCUT2D eigenvalue weighted by atomic mass is 10.2. The van der Waals surface area contributed by atoms with Crippen LogP contribution in [0.2, 0.25) is 0 Å². The predicted octanol–water partition coefficient (Wildman–Crippen LogP) is 0.660. The van der Waals surface area contributed by atoms with Crippen LogP contribution in [-0.2, 0) is 9.53 Å². The summed E-state index contributed by atoms with van der Waals surface area (Å²) in [5.41, 5.74) is 0.579.